The first kappa shape index (κ1) is 19.5. The molecule has 1 fully saturated rings. The van der Waals surface area contributed by atoms with Gasteiger partial charge in [-0.1, -0.05) is 0 Å². The third kappa shape index (κ3) is 6.55. The Morgan fingerprint density at radius 3 is 2.64 bits per heavy atom. The lowest BCUT2D eigenvalue weighted by Gasteiger charge is -2.26. The molecule has 1 aromatic carbocycles. The number of likely N-dealkylation sites (tertiary alicyclic amines) is 1. The van der Waals surface area contributed by atoms with Gasteiger partial charge in [0, 0.05) is 18.7 Å². The first-order valence-electron chi connectivity index (χ1n) is 9.28. The van der Waals surface area contributed by atoms with E-state index < -0.39 is 0 Å². The fraction of sp³-hybridized carbons (Fsp3) is 0.632. The number of likely N-dealkylation sites (N-methyl/N-ethyl adjacent to an activating group) is 1. The minimum Gasteiger partial charge on any atom is -0.493 e. The molecule has 0 saturated carbocycles. The van der Waals surface area contributed by atoms with Crippen molar-refractivity contribution in [2.24, 2.45) is 0 Å². The number of amides is 1. The first-order valence-corrected chi connectivity index (χ1v) is 9.28. The van der Waals surface area contributed by atoms with Crippen LogP contribution in [0.25, 0.3) is 0 Å². The van der Waals surface area contributed by atoms with Crippen molar-refractivity contribution in [2.45, 2.75) is 25.8 Å². The van der Waals surface area contributed by atoms with Crippen LogP contribution >= 0.6 is 0 Å². The summed E-state index contributed by atoms with van der Waals surface area (Å²) in [4.78, 5) is 15.6. The Balaban J connectivity index is 1.84. The molecule has 1 aliphatic heterocycles. The zero-order valence-electron chi connectivity index (χ0n) is 15.8. The molecule has 1 aliphatic rings. The number of carbonyl (C=O) groups is 1. The normalized spacial score (nSPS) is 14.6. The van der Waals surface area contributed by atoms with Crippen LogP contribution < -0.4 is 19.7 Å². The van der Waals surface area contributed by atoms with Crippen molar-refractivity contribution in [3.8, 4) is 11.5 Å². The highest BCUT2D eigenvalue weighted by Crippen LogP contribution is 2.28. The molecule has 1 saturated heterocycles. The van der Waals surface area contributed by atoms with E-state index in [-0.39, 0.29) is 12.5 Å². The second-order valence-corrected chi connectivity index (χ2v) is 6.95. The Morgan fingerprint density at radius 2 is 1.96 bits per heavy atom. The molecule has 0 spiro atoms. The molecule has 25 heavy (non-hydrogen) atoms. The van der Waals surface area contributed by atoms with Crippen molar-refractivity contribution < 1.29 is 24.5 Å². The Hall–Kier alpha value is -1.79. The Labute approximate surface area is 151 Å². The Kier molecular flexibility index (Phi) is 8.01. The smallest absolute Gasteiger partial charge is 0.260 e. The molecule has 0 atom stereocenters. The topological polar surface area (TPSA) is 59.8 Å². The van der Waals surface area contributed by atoms with Gasteiger partial charge in [0.1, 0.15) is 19.6 Å². The van der Waals surface area contributed by atoms with Gasteiger partial charge in [-0.15, -0.1) is 0 Å². The van der Waals surface area contributed by atoms with E-state index in [0.29, 0.717) is 11.5 Å². The molecule has 1 aromatic rings. The number of hydrogen-bond donors (Lipinski definition) is 2. The zero-order valence-corrected chi connectivity index (χ0v) is 15.8. The number of benzene rings is 1. The second kappa shape index (κ2) is 10.3. The van der Waals surface area contributed by atoms with Gasteiger partial charge in [0.05, 0.1) is 21.2 Å². The summed E-state index contributed by atoms with van der Waals surface area (Å²) in [6.45, 7) is 4.92. The average molecular weight is 351 g/mol. The van der Waals surface area contributed by atoms with Gasteiger partial charge in [-0.3, -0.25) is 4.79 Å². The van der Waals surface area contributed by atoms with Gasteiger partial charge >= 0.3 is 0 Å². The molecule has 1 heterocycles. The maximum absolute atomic E-state index is 12.2. The molecule has 6 heteroatoms. The van der Waals surface area contributed by atoms with E-state index in [4.69, 9.17) is 9.47 Å². The number of methoxy groups -OCH3 is 1. The van der Waals surface area contributed by atoms with E-state index in [1.54, 1.807) is 7.11 Å². The van der Waals surface area contributed by atoms with E-state index in [1.165, 1.54) is 16.9 Å². The third-order valence-electron chi connectivity index (χ3n) is 4.52. The molecule has 0 aliphatic carbocycles. The van der Waals surface area contributed by atoms with E-state index in [1.807, 2.05) is 23.1 Å². The summed E-state index contributed by atoms with van der Waals surface area (Å²) in [6.07, 6.45) is 3.40. The van der Waals surface area contributed by atoms with E-state index >= 15 is 0 Å². The number of nitrogens with one attached hydrogen (secondary N) is 1. The van der Waals surface area contributed by atoms with E-state index in [2.05, 4.69) is 19.4 Å². The number of quaternary nitrogens is 2. The van der Waals surface area contributed by atoms with Gasteiger partial charge in [-0.05, 0) is 37.5 Å². The van der Waals surface area contributed by atoms with Gasteiger partial charge < -0.3 is 24.6 Å². The number of hydrogen-bond acceptors (Lipinski definition) is 3. The third-order valence-corrected chi connectivity index (χ3v) is 4.52. The lowest BCUT2D eigenvalue weighted by atomic mass is 10.1. The lowest BCUT2D eigenvalue weighted by molar-refractivity contribution is -0.875. The van der Waals surface area contributed by atoms with Crippen LogP contribution in [0.3, 0.4) is 0 Å². The SMILES string of the molecule is COc1cc(C[NH2+]CC[NH+](C)C)ccc1OCC(=O)N1CCCCC1. The van der Waals surface area contributed by atoms with Crippen molar-refractivity contribution in [2.75, 3.05) is 54.0 Å². The molecule has 0 bridgehead atoms. The fourth-order valence-electron chi connectivity index (χ4n) is 2.99. The number of nitrogens with zero attached hydrogens (tertiary/aromatic N) is 1. The summed E-state index contributed by atoms with van der Waals surface area (Å²) < 4.78 is 11.2. The highest BCUT2D eigenvalue weighted by Gasteiger charge is 2.17. The molecule has 2 rings (SSSR count). The van der Waals surface area contributed by atoms with Gasteiger partial charge in [0.15, 0.2) is 18.1 Å². The van der Waals surface area contributed by atoms with Crippen LogP contribution in [-0.2, 0) is 11.3 Å². The number of nitrogens with two attached hydrogens (primary N) is 1. The standard InChI is InChI=1S/C19H31N3O3/c1-21(2)12-9-20-14-16-7-8-17(18(13-16)24-3)25-15-19(23)22-10-5-4-6-11-22/h7-8,13,20H,4-6,9-12,14-15H2,1-3H3/p+2. The van der Waals surface area contributed by atoms with Crippen LogP contribution in [0.15, 0.2) is 18.2 Å². The maximum atomic E-state index is 12.2. The van der Waals surface area contributed by atoms with Crippen LogP contribution in [0.5, 0.6) is 11.5 Å². The number of ether oxygens (including phenoxy) is 2. The molecule has 0 unspecified atom stereocenters. The lowest BCUT2D eigenvalue weighted by Crippen LogP contribution is -3.09. The van der Waals surface area contributed by atoms with E-state index in [9.17, 15) is 4.79 Å². The molecule has 140 valence electrons. The van der Waals surface area contributed by atoms with Gasteiger partial charge in [-0.2, -0.15) is 0 Å². The first-order chi connectivity index (χ1) is 12.1. The van der Waals surface area contributed by atoms with Crippen LogP contribution in [0.4, 0.5) is 0 Å². The summed E-state index contributed by atoms with van der Waals surface area (Å²) in [5.74, 6) is 1.38. The van der Waals surface area contributed by atoms with Crippen molar-refractivity contribution in [3.05, 3.63) is 23.8 Å². The van der Waals surface area contributed by atoms with Crippen LogP contribution in [0.1, 0.15) is 24.8 Å². The second-order valence-electron chi connectivity index (χ2n) is 6.95. The highest BCUT2D eigenvalue weighted by atomic mass is 16.5. The quantitative estimate of drug-likeness (QED) is 0.578. The van der Waals surface area contributed by atoms with Crippen LogP contribution in [-0.4, -0.2) is 64.8 Å². The largest absolute Gasteiger partial charge is 0.493 e. The van der Waals surface area contributed by atoms with Gasteiger partial charge in [0.25, 0.3) is 5.91 Å². The number of piperidine rings is 1. The van der Waals surface area contributed by atoms with E-state index in [0.717, 1.165) is 45.6 Å². The van der Waals surface area contributed by atoms with Crippen molar-refractivity contribution >= 4 is 5.91 Å². The molecule has 3 N–H and O–H groups in total. The summed E-state index contributed by atoms with van der Waals surface area (Å²) in [5, 5.41) is 2.29. The average Bonchev–Trinajstić information content (AvgIpc) is 2.64. The van der Waals surface area contributed by atoms with Gasteiger partial charge in [0.2, 0.25) is 0 Å². The van der Waals surface area contributed by atoms with Crippen molar-refractivity contribution in [1.29, 1.82) is 0 Å². The zero-order chi connectivity index (χ0) is 18.1. The predicted octanol–water partition coefficient (Wildman–Crippen LogP) is -0.706. The van der Waals surface area contributed by atoms with Crippen LogP contribution in [0, 0.1) is 0 Å². The molecular weight excluding hydrogens is 318 g/mol. The Morgan fingerprint density at radius 1 is 1.20 bits per heavy atom. The number of carbonyl (C=O) groups excluding carboxylic acids is 1. The predicted molar refractivity (Wildman–Crippen MR) is 97.1 cm³/mol. The monoisotopic (exact) mass is 351 g/mol. The van der Waals surface area contributed by atoms with Crippen molar-refractivity contribution in [1.82, 2.24) is 4.90 Å². The molecule has 1 amide bonds. The summed E-state index contributed by atoms with van der Waals surface area (Å²) in [5.41, 5.74) is 1.19. The number of rotatable bonds is 9. The Bertz CT molecular complexity index is 543. The summed E-state index contributed by atoms with van der Waals surface area (Å²) in [7, 11) is 5.96. The van der Waals surface area contributed by atoms with Crippen LogP contribution in [0.2, 0.25) is 0 Å². The minimum atomic E-state index is 0.0605. The molecule has 6 nitrogen and oxygen atoms in total. The van der Waals surface area contributed by atoms with Gasteiger partial charge in [-0.25, -0.2) is 0 Å². The molecule has 0 radical (unpaired) electrons. The maximum Gasteiger partial charge on any atom is 0.260 e. The fourth-order valence-corrected chi connectivity index (χ4v) is 2.99. The molecular formula is C19H33N3O3+2. The summed E-state index contributed by atoms with van der Waals surface area (Å²) >= 11 is 0. The summed E-state index contributed by atoms with van der Waals surface area (Å²) in [6, 6.07) is 5.95. The van der Waals surface area contributed by atoms with Crippen molar-refractivity contribution in [3.63, 3.8) is 0 Å². The molecule has 0 aromatic heterocycles. The minimum absolute atomic E-state index is 0.0605. The highest BCUT2D eigenvalue weighted by molar-refractivity contribution is 5.78.